The van der Waals surface area contributed by atoms with Crippen LogP contribution >= 0.6 is 0 Å². The normalized spacial score (nSPS) is 16.2. The highest BCUT2D eigenvalue weighted by Gasteiger charge is 2.35. The molecule has 8 nitrogen and oxygen atoms in total. The Morgan fingerprint density at radius 1 is 1.36 bits per heavy atom. The van der Waals surface area contributed by atoms with Gasteiger partial charge in [-0.3, -0.25) is 4.79 Å². The molecule has 0 spiro atoms. The lowest BCUT2D eigenvalue weighted by atomic mass is 9.94. The number of tetrazole rings is 1. The van der Waals surface area contributed by atoms with E-state index >= 15 is 0 Å². The van der Waals surface area contributed by atoms with E-state index in [4.69, 9.17) is 4.74 Å². The first-order valence-corrected chi connectivity index (χ1v) is 8.29. The molecule has 8 heteroatoms. The molecule has 2 heterocycles. The lowest BCUT2D eigenvalue weighted by molar-refractivity contribution is -0.127. The van der Waals surface area contributed by atoms with Gasteiger partial charge in [-0.15, -0.1) is 0 Å². The zero-order valence-corrected chi connectivity index (χ0v) is 14.9. The van der Waals surface area contributed by atoms with Crippen molar-refractivity contribution in [3.8, 4) is 5.75 Å². The average molecular weight is 342 g/mol. The summed E-state index contributed by atoms with van der Waals surface area (Å²) in [5.74, 6) is 1.21. The van der Waals surface area contributed by atoms with E-state index in [1.54, 1.807) is 16.7 Å². The molecule has 1 aromatic carbocycles. The zero-order valence-electron chi connectivity index (χ0n) is 14.9. The number of allylic oxidation sites excluding steroid dienone is 1. The fraction of sp³-hybridized carbons (Fsp3) is 0.412. The van der Waals surface area contributed by atoms with Crippen LogP contribution in [0.2, 0.25) is 0 Å². The lowest BCUT2D eigenvalue weighted by Gasteiger charge is -2.31. The smallest absolute Gasteiger partial charge is 0.254 e. The summed E-state index contributed by atoms with van der Waals surface area (Å²) in [6, 6.07) is 7.22. The molecule has 0 bridgehead atoms. The minimum Gasteiger partial charge on any atom is -0.497 e. The van der Waals surface area contributed by atoms with Crippen molar-refractivity contribution in [2.75, 3.05) is 25.5 Å². The van der Waals surface area contributed by atoms with Crippen LogP contribution in [-0.2, 0) is 4.79 Å². The molecule has 2 aromatic rings. The second-order valence-corrected chi connectivity index (χ2v) is 5.77. The molecule has 132 valence electrons. The van der Waals surface area contributed by atoms with Gasteiger partial charge in [-0.2, -0.15) is 4.68 Å². The van der Waals surface area contributed by atoms with E-state index in [1.165, 1.54) is 0 Å². The summed E-state index contributed by atoms with van der Waals surface area (Å²) in [6.07, 6.45) is 0. The average Bonchev–Trinajstić information content (AvgIpc) is 3.09. The van der Waals surface area contributed by atoms with Crippen LogP contribution in [0.3, 0.4) is 0 Å². The fourth-order valence-corrected chi connectivity index (χ4v) is 3.09. The first-order chi connectivity index (χ1) is 12.1. The second kappa shape index (κ2) is 6.92. The van der Waals surface area contributed by atoms with Gasteiger partial charge in [0.25, 0.3) is 5.91 Å². The molecule has 1 aliphatic rings. The van der Waals surface area contributed by atoms with Gasteiger partial charge in [0, 0.05) is 18.8 Å². The monoisotopic (exact) mass is 342 g/mol. The Bertz CT molecular complexity index is 809. The molecule has 0 aliphatic carbocycles. The Hall–Kier alpha value is -2.90. The van der Waals surface area contributed by atoms with Gasteiger partial charge in [0.1, 0.15) is 11.8 Å². The molecular weight excluding hydrogens is 320 g/mol. The molecule has 3 rings (SSSR count). The maximum atomic E-state index is 13.2. The number of likely N-dealkylation sites (N-methyl/N-ethyl adjacent to an activating group) is 1. The van der Waals surface area contributed by atoms with Crippen LogP contribution in [0, 0.1) is 0 Å². The predicted octanol–water partition coefficient (Wildman–Crippen LogP) is 1.84. The number of nitrogens with zero attached hydrogens (tertiary/aromatic N) is 5. The van der Waals surface area contributed by atoms with Crippen LogP contribution < -0.4 is 10.1 Å². The van der Waals surface area contributed by atoms with Crippen molar-refractivity contribution < 1.29 is 9.53 Å². The quantitative estimate of drug-likeness (QED) is 0.892. The number of rotatable bonds is 5. The topological polar surface area (TPSA) is 85.2 Å². The number of aromatic nitrogens is 4. The summed E-state index contributed by atoms with van der Waals surface area (Å²) in [6.45, 7) is 7.09. The Kier molecular flexibility index (Phi) is 4.69. The minimum absolute atomic E-state index is 0.0241. The van der Waals surface area contributed by atoms with Crippen molar-refractivity contribution in [1.29, 1.82) is 0 Å². The largest absolute Gasteiger partial charge is 0.497 e. The van der Waals surface area contributed by atoms with Crippen LogP contribution in [0.5, 0.6) is 5.75 Å². The van der Waals surface area contributed by atoms with Crippen LogP contribution in [0.25, 0.3) is 0 Å². The number of methoxy groups -OCH3 is 1. The number of hydrogen-bond donors (Lipinski definition) is 1. The van der Waals surface area contributed by atoms with Gasteiger partial charge in [-0.25, -0.2) is 0 Å². The van der Waals surface area contributed by atoms with Gasteiger partial charge >= 0.3 is 0 Å². The molecule has 1 aromatic heterocycles. The number of nitrogens with one attached hydrogen (secondary N) is 1. The van der Waals surface area contributed by atoms with Crippen LogP contribution in [-0.4, -0.2) is 51.2 Å². The molecular formula is C17H22N6O2. The lowest BCUT2D eigenvalue weighted by Crippen LogP contribution is -2.38. The van der Waals surface area contributed by atoms with Crippen molar-refractivity contribution in [2.45, 2.75) is 26.8 Å². The third-order valence-electron chi connectivity index (χ3n) is 4.40. The SMILES string of the molecule is CCN(CC)C(=O)C1=C(C)Nc2nnnn2[C@@H]1c1cccc(OC)c1. The molecule has 1 aliphatic heterocycles. The second-order valence-electron chi connectivity index (χ2n) is 5.77. The fourth-order valence-electron chi connectivity index (χ4n) is 3.09. The number of amides is 1. The molecule has 25 heavy (non-hydrogen) atoms. The Balaban J connectivity index is 2.14. The number of ether oxygens (including phenoxy) is 1. The zero-order chi connectivity index (χ0) is 18.0. The van der Waals surface area contributed by atoms with Crippen molar-refractivity contribution in [2.24, 2.45) is 0 Å². The number of benzene rings is 1. The van der Waals surface area contributed by atoms with E-state index in [1.807, 2.05) is 45.0 Å². The third kappa shape index (κ3) is 2.95. The minimum atomic E-state index is -0.408. The summed E-state index contributed by atoms with van der Waals surface area (Å²) >= 11 is 0. The van der Waals surface area contributed by atoms with Crippen molar-refractivity contribution >= 4 is 11.9 Å². The number of fused-ring (bicyclic) bond motifs is 1. The van der Waals surface area contributed by atoms with Gasteiger partial charge in [0.05, 0.1) is 12.7 Å². The van der Waals surface area contributed by atoms with Crippen molar-refractivity contribution in [1.82, 2.24) is 25.1 Å². The van der Waals surface area contributed by atoms with Crippen molar-refractivity contribution in [3.05, 3.63) is 41.1 Å². The van der Waals surface area contributed by atoms with Crippen LogP contribution in [0.4, 0.5) is 5.95 Å². The first-order valence-electron chi connectivity index (χ1n) is 8.29. The van der Waals surface area contributed by atoms with E-state index in [9.17, 15) is 4.79 Å². The maximum absolute atomic E-state index is 13.2. The van der Waals surface area contributed by atoms with E-state index < -0.39 is 6.04 Å². The van der Waals surface area contributed by atoms with Gasteiger partial charge < -0.3 is 15.0 Å². The highest BCUT2D eigenvalue weighted by atomic mass is 16.5. The molecule has 1 atom stereocenters. The molecule has 0 radical (unpaired) electrons. The third-order valence-corrected chi connectivity index (χ3v) is 4.40. The van der Waals surface area contributed by atoms with Crippen LogP contribution in [0.15, 0.2) is 35.5 Å². The number of carbonyl (C=O) groups is 1. The highest BCUT2D eigenvalue weighted by molar-refractivity contribution is 5.96. The molecule has 0 saturated carbocycles. The summed E-state index contributed by atoms with van der Waals surface area (Å²) < 4.78 is 6.98. The molecule has 0 saturated heterocycles. The van der Waals surface area contributed by atoms with Gasteiger partial charge in [0.2, 0.25) is 5.95 Å². The first kappa shape index (κ1) is 16.9. The summed E-state index contributed by atoms with van der Waals surface area (Å²) in [7, 11) is 1.62. The maximum Gasteiger partial charge on any atom is 0.254 e. The Labute approximate surface area is 146 Å². The van der Waals surface area contributed by atoms with Crippen molar-refractivity contribution in [3.63, 3.8) is 0 Å². The standard InChI is InChI=1S/C17H22N6O2/c1-5-22(6-2)16(24)14-11(3)18-17-19-20-21-23(17)15(14)12-8-7-9-13(10-12)25-4/h7-10,15H,5-6H2,1-4H3,(H,18,19,21)/t15-/m1/s1. The summed E-state index contributed by atoms with van der Waals surface area (Å²) in [5, 5.41) is 15.0. The van der Waals surface area contributed by atoms with E-state index in [-0.39, 0.29) is 5.91 Å². The van der Waals surface area contributed by atoms with E-state index in [2.05, 4.69) is 20.8 Å². The Morgan fingerprint density at radius 3 is 2.80 bits per heavy atom. The molecule has 0 fully saturated rings. The number of anilines is 1. The summed E-state index contributed by atoms with van der Waals surface area (Å²) in [5.41, 5.74) is 2.29. The van der Waals surface area contributed by atoms with Crippen LogP contribution in [0.1, 0.15) is 32.4 Å². The summed E-state index contributed by atoms with van der Waals surface area (Å²) in [4.78, 5) is 15.0. The molecule has 1 N–H and O–H groups in total. The number of carbonyl (C=O) groups excluding carboxylic acids is 1. The Morgan fingerprint density at radius 2 is 2.12 bits per heavy atom. The van der Waals surface area contributed by atoms with E-state index in [0.717, 1.165) is 17.0 Å². The van der Waals surface area contributed by atoms with Gasteiger partial charge in [-0.05, 0) is 48.9 Å². The highest BCUT2D eigenvalue weighted by Crippen LogP contribution is 2.36. The van der Waals surface area contributed by atoms with Gasteiger partial charge in [0.15, 0.2) is 0 Å². The molecule has 1 amide bonds. The predicted molar refractivity (Wildman–Crippen MR) is 93.2 cm³/mol. The van der Waals surface area contributed by atoms with Gasteiger partial charge in [-0.1, -0.05) is 17.2 Å². The number of hydrogen-bond acceptors (Lipinski definition) is 6. The molecule has 0 unspecified atom stereocenters. The van der Waals surface area contributed by atoms with E-state index in [0.29, 0.717) is 24.6 Å².